The molecule has 1 aromatic heterocycles. The Balaban J connectivity index is 0.00000300. The van der Waals surface area contributed by atoms with Gasteiger partial charge in [-0.1, -0.05) is 12.1 Å². The van der Waals surface area contributed by atoms with Crippen LogP contribution in [-0.4, -0.2) is 64.5 Å². The van der Waals surface area contributed by atoms with Crippen LogP contribution in [0.4, 0.5) is 4.39 Å². The number of nitrogens with one attached hydrogen (secondary N) is 2. The van der Waals surface area contributed by atoms with Crippen molar-refractivity contribution in [1.82, 2.24) is 25.1 Å². The maximum absolute atomic E-state index is 13.0. The highest BCUT2D eigenvalue weighted by Gasteiger charge is 2.39. The number of carbonyl (C=O) groups excluding carboxylic acids is 1. The quantitative estimate of drug-likeness (QED) is 0.677. The van der Waals surface area contributed by atoms with Gasteiger partial charge in [0.15, 0.2) is 5.69 Å². The fraction of sp³-hybridized carbons (Fsp3) is 0.421. The fourth-order valence-electron chi connectivity index (χ4n) is 3.30. The SMILES string of the molecule is CN1CCN(C)C(C)(c2nc(C(=O)NCc3ccc(F)cc3)c(O)c(=O)[nH]2)C1.Cl. The zero-order valence-electron chi connectivity index (χ0n) is 16.5. The molecule has 1 atom stereocenters. The number of aromatic amines is 1. The number of hydrogen-bond donors (Lipinski definition) is 3. The second kappa shape index (κ2) is 8.89. The molecule has 29 heavy (non-hydrogen) atoms. The van der Waals surface area contributed by atoms with Crippen LogP contribution < -0.4 is 10.9 Å². The van der Waals surface area contributed by atoms with E-state index in [1.165, 1.54) is 12.1 Å². The molecule has 0 saturated carbocycles. The minimum absolute atomic E-state index is 0. The first kappa shape index (κ1) is 22.8. The van der Waals surface area contributed by atoms with Crippen molar-refractivity contribution in [2.45, 2.75) is 19.0 Å². The van der Waals surface area contributed by atoms with Crippen LogP contribution in [0.5, 0.6) is 5.75 Å². The van der Waals surface area contributed by atoms with Crippen LogP contribution in [0.3, 0.4) is 0 Å². The molecule has 10 heteroatoms. The number of nitrogens with zero attached hydrogens (tertiary/aromatic N) is 3. The molecular formula is C19H25ClFN5O3. The van der Waals surface area contributed by atoms with Gasteiger partial charge in [-0.05, 0) is 38.7 Å². The summed E-state index contributed by atoms with van der Waals surface area (Å²) in [6.07, 6.45) is 0. The molecule has 0 bridgehead atoms. The molecule has 1 saturated heterocycles. The first-order valence-corrected chi connectivity index (χ1v) is 8.97. The molecule has 3 N–H and O–H groups in total. The van der Waals surface area contributed by atoms with Crippen LogP contribution in [0.2, 0.25) is 0 Å². The van der Waals surface area contributed by atoms with E-state index in [1.54, 1.807) is 12.1 Å². The van der Waals surface area contributed by atoms with Crippen molar-refractivity contribution in [2.75, 3.05) is 33.7 Å². The Morgan fingerprint density at radius 2 is 1.97 bits per heavy atom. The zero-order chi connectivity index (χ0) is 20.5. The standard InChI is InChI=1S/C19H24FN5O3.ClH/c1-19(11-24(2)8-9-25(19)3)18-22-14(15(26)17(28)23-18)16(27)21-10-12-4-6-13(20)7-5-12;/h4-7,26H,8-11H2,1-3H3,(H,21,27)(H,22,23,28);1H. The average molecular weight is 426 g/mol. The van der Waals surface area contributed by atoms with Crippen LogP contribution in [-0.2, 0) is 12.1 Å². The molecule has 0 spiro atoms. The van der Waals surface area contributed by atoms with E-state index in [2.05, 4.69) is 25.1 Å². The van der Waals surface area contributed by atoms with Gasteiger partial charge in [-0.3, -0.25) is 14.5 Å². The van der Waals surface area contributed by atoms with E-state index in [0.29, 0.717) is 17.9 Å². The van der Waals surface area contributed by atoms with Crippen molar-refractivity contribution in [1.29, 1.82) is 0 Å². The zero-order valence-corrected chi connectivity index (χ0v) is 17.3. The third kappa shape index (κ3) is 4.75. The number of halogens is 2. The Kier molecular flexibility index (Phi) is 6.99. The number of carbonyl (C=O) groups is 1. The van der Waals surface area contributed by atoms with Gasteiger partial charge in [0.05, 0.1) is 5.54 Å². The summed E-state index contributed by atoms with van der Waals surface area (Å²) in [5, 5.41) is 12.7. The van der Waals surface area contributed by atoms with E-state index in [-0.39, 0.29) is 30.5 Å². The summed E-state index contributed by atoms with van der Waals surface area (Å²) in [7, 11) is 3.90. The smallest absolute Gasteiger partial charge is 0.293 e. The molecule has 1 amide bonds. The van der Waals surface area contributed by atoms with Gasteiger partial charge < -0.3 is 20.3 Å². The number of H-pyrrole nitrogens is 1. The first-order chi connectivity index (χ1) is 13.2. The Morgan fingerprint density at radius 3 is 2.62 bits per heavy atom. The van der Waals surface area contributed by atoms with Crippen molar-refractivity contribution in [2.24, 2.45) is 0 Å². The number of piperazine rings is 1. The number of hydrogen-bond acceptors (Lipinski definition) is 6. The van der Waals surface area contributed by atoms with Crippen LogP contribution in [0.1, 0.15) is 28.8 Å². The maximum Gasteiger partial charge on any atom is 0.293 e. The van der Waals surface area contributed by atoms with E-state index in [4.69, 9.17) is 0 Å². The lowest BCUT2D eigenvalue weighted by Gasteiger charge is -2.45. The lowest BCUT2D eigenvalue weighted by molar-refractivity contribution is 0.0310. The van der Waals surface area contributed by atoms with Crippen molar-refractivity contribution < 1.29 is 14.3 Å². The van der Waals surface area contributed by atoms with Crippen molar-refractivity contribution in [3.05, 3.63) is 57.5 Å². The molecule has 0 aliphatic carbocycles. The maximum atomic E-state index is 13.0. The molecule has 1 unspecified atom stereocenters. The summed E-state index contributed by atoms with van der Waals surface area (Å²) in [5.74, 6) is -1.46. The minimum atomic E-state index is -0.764. The van der Waals surface area contributed by atoms with Gasteiger partial charge in [0.2, 0.25) is 5.75 Å². The lowest BCUT2D eigenvalue weighted by atomic mass is 9.95. The van der Waals surface area contributed by atoms with Gasteiger partial charge >= 0.3 is 0 Å². The van der Waals surface area contributed by atoms with Crippen LogP contribution in [0.15, 0.2) is 29.1 Å². The Morgan fingerprint density at radius 1 is 1.31 bits per heavy atom. The van der Waals surface area contributed by atoms with Gasteiger partial charge in [0.1, 0.15) is 11.6 Å². The summed E-state index contributed by atoms with van der Waals surface area (Å²) in [6.45, 7) is 4.29. The number of rotatable bonds is 4. The van der Waals surface area contributed by atoms with E-state index < -0.39 is 22.8 Å². The van der Waals surface area contributed by atoms with E-state index in [0.717, 1.165) is 13.1 Å². The van der Waals surface area contributed by atoms with Gasteiger partial charge in [0, 0.05) is 26.2 Å². The molecular weight excluding hydrogens is 401 g/mol. The van der Waals surface area contributed by atoms with Crippen LogP contribution in [0, 0.1) is 5.82 Å². The largest absolute Gasteiger partial charge is 0.501 e. The molecule has 1 aromatic carbocycles. The number of aromatic hydroxyl groups is 1. The fourth-order valence-corrected chi connectivity index (χ4v) is 3.30. The number of aromatic nitrogens is 2. The number of benzene rings is 1. The highest BCUT2D eigenvalue weighted by Crippen LogP contribution is 2.28. The van der Waals surface area contributed by atoms with Gasteiger partial charge in [-0.15, -0.1) is 12.4 Å². The summed E-state index contributed by atoms with van der Waals surface area (Å²) in [5.41, 5.74) is -1.03. The third-order valence-electron chi connectivity index (χ3n) is 5.22. The van der Waals surface area contributed by atoms with E-state index in [9.17, 15) is 19.1 Å². The molecule has 158 valence electrons. The molecule has 0 radical (unpaired) electrons. The Bertz CT molecular complexity index is 936. The predicted octanol–water partition coefficient (Wildman–Crippen LogP) is 1.06. The highest BCUT2D eigenvalue weighted by molar-refractivity contribution is 5.94. The van der Waals surface area contributed by atoms with Gasteiger partial charge in [-0.25, -0.2) is 9.37 Å². The van der Waals surface area contributed by atoms with Gasteiger partial charge in [0.25, 0.3) is 11.5 Å². The lowest BCUT2D eigenvalue weighted by Crippen LogP contribution is -2.57. The molecule has 2 aromatic rings. The Labute approximate surface area is 174 Å². The average Bonchev–Trinajstić information content (AvgIpc) is 2.66. The molecule has 1 fully saturated rings. The Hall–Kier alpha value is -2.49. The minimum Gasteiger partial charge on any atom is -0.501 e. The van der Waals surface area contributed by atoms with Gasteiger partial charge in [-0.2, -0.15) is 0 Å². The van der Waals surface area contributed by atoms with E-state index in [1.807, 2.05) is 21.0 Å². The normalized spacial score (nSPS) is 20.1. The van der Waals surface area contributed by atoms with Crippen molar-refractivity contribution >= 4 is 18.3 Å². The first-order valence-electron chi connectivity index (χ1n) is 8.97. The molecule has 3 rings (SSSR count). The number of likely N-dealkylation sites (N-methyl/N-ethyl adjacent to an activating group) is 2. The number of amides is 1. The second-order valence-electron chi connectivity index (χ2n) is 7.35. The van der Waals surface area contributed by atoms with Crippen molar-refractivity contribution in [3.8, 4) is 5.75 Å². The van der Waals surface area contributed by atoms with Crippen LogP contribution >= 0.6 is 12.4 Å². The third-order valence-corrected chi connectivity index (χ3v) is 5.22. The van der Waals surface area contributed by atoms with E-state index >= 15 is 0 Å². The second-order valence-corrected chi connectivity index (χ2v) is 7.35. The molecule has 1 aliphatic rings. The summed E-state index contributed by atoms with van der Waals surface area (Å²) in [6, 6.07) is 5.66. The molecule has 2 heterocycles. The topological polar surface area (TPSA) is 102 Å². The predicted molar refractivity (Wildman–Crippen MR) is 109 cm³/mol. The monoisotopic (exact) mass is 425 g/mol. The van der Waals surface area contributed by atoms with Crippen LogP contribution in [0.25, 0.3) is 0 Å². The summed E-state index contributed by atoms with van der Waals surface area (Å²) in [4.78, 5) is 35.9. The molecule has 8 nitrogen and oxygen atoms in total. The van der Waals surface area contributed by atoms with Crippen molar-refractivity contribution in [3.63, 3.8) is 0 Å². The summed E-state index contributed by atoms with van der Waals surface area (Å²) < 4.78 is 13.0. The molecule has 1 aliphatic heterocycles. The highest BCUT2D eigenvalue weighted by atomic mass is 35.5. The summed E-state index contributed by atoms with van der Waals surface area (Å²) >= 11 is 0.